The van der Waals surface area contributed by atoms with Crippen LogP contribution in [0.4, 0.5) is 4.39 Å². The molecule has 1 heterocycles. The second-order valence-corrected chi connectivity index (χ2v) is 7.71. The van der Waals surface area contributed by atoms with Gasteiger partial charge in [0.25, 0.3) is 10.0 Å². The Balaban J connectivity index is 2.02. The molecule has 0 radical (unpaired) electrons. The summed E-state index contributed by atoms with van der Waals surface area (Å²) in [6, 6.07) is 18.5. The molecule has 136 valence electrons. The zero-order valence-electron chi connectivity index (χ0n) is 14.4. The summed E-state index contributed by atoms with van der Waals surface area (Å²) >= 11 is 0. The highest BCUT2D eigenvalue weighted by molar-refractivity contribution is 7.89. The second-order valence-electron chi connectivity index (χ2n) is 5.86. The van der Waals surface area contributed by atoms with E-state index in [9.17, 15) is 12.8 Å². The van der Waals surface area contributed by atoms with E-state index in [0.29, 0.717) is 0 Å². The molecule has 0 spiro atoms. The minimum Gasteiger partial charge on any atom is -0.251 e. The van der Waals surface area contributed by atoms with Crippen LogP contribution in [0.5, 0.6) is 0 Å². The minimum absolute atomic E-state index is 0.145. The smallest absolute Gasteiger partial charge is 0.251 e. The third-order valence-electron chi connectivity index (χ3n) is 4.04. The maximum Gasteiger partial charge on any atom is 0.263 e. The van der Waals surface area contributed by atoms with Crippen molar-refractivity contribution in [1.29, 1.82) is 0 Å². The van der Waals surface area contributed by atoms with Gasteiger partial charge in [-0.2, -0.15) is 9.40 Å². The Labute approximate surface area is 152 Å². The van der Waals surface area contributed by atoms with Crippen molar-refractivity contribution < 1.29 is 12.8 Å². The Hall–Kier alpha value is -2.51. The molecule has 0 aliphatic rings. The van der Waals surface area contributed by atoms with Crippen molar-refractivity contribution in [2.45, 2.75) is 31.6 Å². The summed E-state index contributed by atoms with van der Waals surface area (Å²) in [5.74, 6) is -0.835. The fourth-order valence-corrected chi connectivity index (χ4v) is 4.38. The van der Waals surface area contributed by atoms with Crippen molar-refractivity contribution in [2.75, 3.05) is 0 Å². The van der Waals surface area contributed by atoms with Crippen molar-refractivity contribution in [1.82, 2.24) is 14.1 Å². The van der Waals surface area contributed by atoms with Gasteiger partial charge in [-0.3, -0.25) is 4.68 Å². The van der Waals surface area contributed by atoms with E-state index in [-0.39, 0.29) is 19.6 Å². The maximum atomic E-state index is 14.2. The lowest BCUT2D eigenvalue weighted by molar-refractivity contribution is 0.388. The number of rotatable bonds is 7. The van der Waals surface area contributed by atoms with E-state index in [1.807, 2.05) is 60.7 Å². The Morgan fingerprint density at radius 3 is 1.92 bits per heavy atom. The minimum atomic E-state index is -4.07. The summed E-state index contributed by atoms with van der Waals surface area (Å²) in [6.07, 6.45) is 0.944. The monoisotopic (exact) mass is 373 g/mol. The van der Waals surface area contributed by atoms with Crippen LogP contribution in [-0.2, 0) is 29.7 Å². The second kappa shape index (κ2) is 7.80. The summed E-state index contributed by atoms with van der Waals surface area (Å²) < 4.78 is 43.2. The number of benzene rings is 2. The largest absolute Gasteiger partial charge is 0.263 e. The van der Waals surface area contributed by atoms with Gasteiger partial charge in [0.2, 0.25) is 5.03 Å². The van der Waals surface area contributed by atoms with Crippen molar-refractivity contribution in [3.8, 4) is 0 Å². The molecule has 26 heavy (non-hydrogen) atoms. The van der Waals surface area contributed by atoms with Crippen molar-refractivity contribution in [3.05, 3.63) is 83.8 Å². The standard InChI is InChI=1S/C19H20FN3O2S/c1-2-23-19(18(20)13-21-23)26(24,25)22(14-16-9-5-3-6-10-16)15-17-11-7-4-8-12-17/h3-13H,2,14-15H2,1H3. The molecule has 2 aromatic carbocycles. The van der Waals surface area contributed by atoms with Gasteiger partial charge in [0.15, 0.2) is 5.82 Å². The average Bonchev–Trinajstić information content (AvgIpc) is 3.04. The predicted molar refractivity (Wildman–Crippen MR) is 97.2 cm³/mol. The average molecular weight is 373 g/mol. The number of aryl methyl sites for hydroxylation is 1. The van der Waals surface area contributed by atoms with Crippen LogP contribution in [0, 0.1) is 5.82 Å². The fraction of sp³-hybridized carbons (Fsp3) is 0.211. The molecule has 5 nitrogen and oxygen atoms in total. The van der Waals surface area contributed by atoms with Crippen molar-refractivity contribution in [3.63, 3.8) is 0 Å². The molecule has 0 N–H and O–H groups in total. The number of aromatic nitrogens is 2. The van der Waals surface area contributed by atoms with Gasteiger partial charge in [-0.25, -0.2) is 12.8 Å². The highest BCUT2D eigenvalue weighted by Crippen LogP contribution is 2.23. The molecule has 0 unspecified atom stereocenters. The van der Waals surface area contributed by atoms with Gasteiger partial charge < -0.3 is 0 Å². The Bertz CT molecular complexity index is 915. The van der Waals surface area contributed by atoms with Crippen LogP contribution in [-0.4, -0.2) is 22.5 Å². The SMILES string of the molecule is CCn1ncc(F)c1S(=O)(=O)N(Cc1ccccc1)Cc1ccccc1. The molecule has 3 rings (SSSR count). The Morgan fingerprint density at radius 2 is 1.46 bits per heavy atom. The zero-order valence-corrected chi connectivity index (χ0v) is 15.2. The molecular weight excluding hydrogens is 353 g/mol. The molecule has 0 aliphatic heterocycles. The topological polar surface area (TPSA) is 55.2 Å². The van der Waals surface area contributed by atoms with Gasteiger partial charge in [-0.05, 0) is 18.1 Å². The van der Waals surface area contributed by atoms with Crippen LogP contribution in [0.1, 0.15) is 18.1 Å². The molecule has 0 fully saturated rings. The molecule has 0 saturated heterocycles. The van der Waals surface area contributed by atoms with Gasteiger partial charge >= 0.3 is 0 Å². The van der Waals surface area contributed by atoms with Crippen LogP contribution in [0.2, 0.25) is 0 Å². The summed E-state index contributed by atoms with van der Waals surface area (Å²) in [4.78, 5) is 0. The lowest BCUT2D eigenvalue weighted by Crippen LogP contribution is -2.32. The van der Waals surface area contributed by atoms with Crippen LogP contribution in [0.25, 0.3) is 0 Å². The highest BCUT2D eigenvalue weighted by Gasteiger charge is 2.31. The molecule has 3 aromatic rings. The Morgan fingerprint density at radius 1 is 0.962 bits per heavy atom. The molecule has 7 heteroatoms. The number of hydrogen-bond donors (Lipinski definition) is 0. The number of halogens is 1. The first kappa shape index (κ1) is 18.3. The molecule has 0 bridgehead atoms. The summed E-state index contributed by atoms with van der Waals surface area (Å²) in [5.41, 5.74) is 1.66. The molecule has 0 saturated carbocycles. The Kier molecular flexibility index (Phi) is 5.49. The number of nitrogens with zero attached hydrogens (tertiary/aromatic N) is 3. The van der Waals surface area contributed by atoms with Crippen LogP contribution in [0.3, 0.4) is 0 Å². The quantitative estimate of drug-likeness (QED) is 0.638. The van der Waals surface area contributed by atoms with Crippen molar-refractivity contribution >= 4 is 10.0 Å². The van der Waals surface area contributed by atoms with Gasteiger partial charge in [-0.1, -0.05) is 60.7 Å². The summed E-state index contributed by atoms with van der Waals surface area (Å²) in [7, 11) is -4.07. The summed E-state index contributed by atoms with van der Waals surface area (Å²) in [6.45, 7) is 2.28. The molecule has 0 aliphatic carbocycles. The lowest BCUT2D eigenvalue weighted by atomic mass is 10.2. The van der Waals surface area contributed by atoms with E-state index in [4.69, 9.17) is 0 Å². The van der Waals surface area contributed by atoms with Crippen LogP contribution < -0.4 is 0 Å². The van der Waals surface area contributed by atoms with Crippen LogP contribution in [0.15, 0.2) is 71.9 Å². The third kappa shape index (κ3) is 3.84. The van der Waals surface area contributed by atoms with E-state index < -0.39 is 20.9 Å². The number of hydrogen-bond acceptors (Lipinski definition) is 3. The first-order valence-corrected chi connectivity index (χ1v) is 9.75. The lowest BCUT2D eigenvalue weighted by Gasteiger charge is -2.23. The third-order valence-corrected chi connectivity index (χ3v) is 5.87. The first-order valence-electron chi connectivity index (χ1n) is 8.31. The van der Waals surface area contributed by atoms with E-state index in [1.54, 1.807) is 6.92 Å². The van der Waals surface area contributed by atoms with Gasteiger partial charge in [0.05, 0.1) is 6.20 Å². The number of sulfonamides is 1. The maximum absolute atomic E-state index is 14.2. The normalized spacial score (nSPS) is 11.8. The van der Waals surface area contributed by atoms with E-state index in [0.717, 1.165) is 17.3 Å². The summed E-state index contributed by atoms with van der Waals surface area (Å²) in [5, 5.41) is 3.44. The zero-order chi connectivity index (χ0) is 18.6. The van der Waals surface area contributed by atoms with Gasteiger partial charge in [-0.15, -0.1) is 0 Å². The first-order chi connectivity index (χ1) is 12.5. The van der Waals surface area contributed by atoms with Crippen molar-refractivity contribution in [2.24, 2.45) is 0 Å². The van der Waals surface area contributed by atoms with E-state index >= 15 is 0 Å². The predicted octanol–water partition coefficient (Wildman–Crippen LogP) is 3.43. The van der Waals surface area contributed by atoms with Crippen LogP contribution >= 0.6 is 0 Å². The van der Waals surface area contributed by atoms with E-state index in [2.05, 4.69) is 5.10 Å². The van der Waals surface area contributed by atoms with E-state index in [1.165, 1.54) is 8.99 Å². The van der Waals surface area contributed by atoms with Gasteiger partial charge in [0, 0.05) is 19.6 Å². The van der Waals surface area contributed by atoms with Gasteiger partial charge in [0.1, 0.15) is 0 Å². The molecule has 0 atom stereocenters. The fourth-order valence-electron chi connectivity index (χ4n) is 2.76. The molecular formula is C19H20FN3O2S. The highest BCUT2D eigenvalue weighted by atomic mass is 32.2. The molecule has 0 amide bonds. The molecule has 1 aromatic heterocycles.